The van der Waals surface area contributed by atoms with Gasteiger partial charge in [-0.15, -0.1) is 0 Å². The van der Waals surface area contributed by atoms with E-state index >= 15 is 0 Å². The lowest BCUT2D eigenvalue weighted by Gasteiger charge is -2.18. The minimum atomic E-state index is -0.153. The fourth-order valence-electron chi connectivity index (χ4n) is 3.32. The van der Waals surface area contributed by atoms with Crippen LogP contribution < -0.4 is 0 Å². The number of Topliss-reactive ketones (excluding diaryl/α,β-unsaturated/α-hetero) is 2. The van der Waals surface area contributed by atoms with Gasteiger partial charge in [0.15, 0.2) is 11.5 Å². The van der Waals surface area contributed by atoms with Crippen LogP contribution in [0.5, 0.6) is 0 Å². The van der Waals surface area contributed by atoms with Gasteiger partial charge in [-0.05, 0) is 29.3 Å². The van der Waals surface area contributed by atoms with Gasteiger partial charge >= 0.3 is 0 Å². The van der Waals surface area contributed by atoms with Gasteiger partial charge < -0.3 is 4.74 Å². The van der Waals surface area contributed by atoms with Crippen LogP contribution in [0.3, 0.4) is 0 Å². The lowest BCUT2D eigenvalue weighted by molar-refractivity contribution is 0.0915. The Morgan fingerprint density at radius 2 is 1.86 bits per heavy atom. The molecule has 0 saturated heterocycles. The number of carbonyl (C=O) groups is 2. The number of benzene rings is 2. The number of ketones is 2. The number of ether oxygens (including phenoxy) is 1. The summed E-state index contributed by atoms with van der Waals surface area (Å²) in [4.78, 5) is 25.5. The van der Waals surface area contributed by atoms with Gasteiger partial charge in [0, 0.05) is 17.0 Å². The van der Waals surface area contributed by atoms with Crippen molar-refractivity contribution in [1.82, 2.24) is 0 Å². The normalized spacial score (nSPS) is 20.6. The van der Waals surface area contributed by atoms with Gasteiger partial charge in [0.25, 0.3) is 0 Å². The third-order valence-electron chi connectivity index (χ3n) is 4.42. The average molecular weight is 278 g/mol. The zero-order valence-electron chi connectivity index (χ0n) is 11.9. The minimum absolute atomic E-state index is 0.0159. The van der Waals surface area contributed by atoms with Crippen LogP contribution in [-0.2, 0) is 4.74 Å². The van der Waals surface area contributed by atoms with E-state index in [1.54, 1.807) is 6.07 Å². The van der Waals surface area contributed by atoms with Crippen molar-refractivity contribution in [3.05, 3.63) is 58.4 Å². The van der Waals surface area contributed by atoms with E-state index in [0.29, 0.717) is 23.3 Å². The summed E-state index contributed by atoms with van der Waals surface area (Å²) in [5.41, 5.74) is 2.64. The molecule has 1 aliphatic carbocycles. The van der Waals surface area contributed by atoms with Gasteiger partial charge in [-0.3, -0.25) is 9.59 Å². The molecule has 0 aromatic heterocycles. The highest BCUT2D eigenvalue weighted by molar-refractivity contribution is 6.30. The number of hydrogen-bond acceptors (Lipinski definition) is 3. The average Bonchev–Trinajstić information content (AvgIpc) is 2.86. The molecular formula is C18H14O3. The van der Waals surface area contributed by atoms with E-state index in [9.17, 15) is 9.59 Å². The van der Waals surface area contributed by atoms with Crippen molar-refractivity contribution >= 4 is 22.3 Å². The monoisotopic (exact) mass is 278 g/mol. The number of aryl methyl sites for hydroxylation is 1. The van der Waals surface area contributed by atoms with E-state index in [-0.39, 0.29) is 23.2 Å². The van der Waals surface area contributed by atoms with E-state index in [1.807, 2.05) is 38.1 Å². The topological polar surface area (TPSA) is 43.4 Å². The number of hydrogen-bond donors (Lipinski definition) is 0. The van der Waals surface area contributed by atoms with Crippen LogP contribution in [0.4, 0.5) is 0 Å². The molecule has 1 aliphatic heterocycles. The second-order valence-corrected chi connectivity index (χ2v) is 5.77. The van der Waals surface area contributed by atoms with Gasteiger partial charge in [0.1, 0.15) is 0 Å². The molecule has 0 radical (unpaired) electrons. The first kappa shape index (κ1) is 12.3. The summed E-state index contributed by atoms with van der Waals surface area (Å²) in [7, 11) is 0. The van der Waals surface area contributed by atoms with Crippen molar-refractivity contribution in [2.75, 3.05) is 6.61 Å². The summed E-state index contributed by atoms with van der Waals surface area (Å²) >= 11 is 0. The fourth-order valence-corrected chi connectivity index (χ4v) is 3.32. The summed E-state index contributed by atoms with van der Waals surface area (Å²) in [6.45, 7) is 4.33. The molecule has 1 heterocycles. The summed E-state index contributed by atoms with van der Waals surface area (Å²) in [6.07, 6.45) is 0. The Morgan fingerprint density at radius 3 is 2.67 bits per heavy atom. The summed E-state index contributed by atoms with van der Waals surface area (Å²) in [6, 6.07) is 9.52. The number of fused-ring (bicyclic) bond motifs is 3. The molecule has 0 N–H and O–H groups in total. The molecule has 2 aliphatic rings. The molecule has 21 heavy (non-hydrogen) atoms. The Morgan fingerprint density at radius 1 is 1.05 bits per heavy atom. The minimum Gasteiger partial charge on any atom is -0.488 e. The van der Waals surface area contributed by atoms with Crippen LogP contribution in [0.25, 0.3) is 10.8 Å². The maximum Gasteiger partial charge on any atom is 0.229 e. The van der Waals surface area contributed by atoms with E-state index in [1.165, 1.54) is 0 Å². The summed E-state index contributed by atoms with van der Waals surface area (Å²) in [5.74, 6) is 0.0277. The van der Waals surface area contributed by atoms with Crippen molar-refractivity contribution < 1.29 is 14.3 Å². The number of carbonyl (C=O) groups excluding carboxylic acids is 2. The maximum atomic E-state index is 12.8. The van der Waals surface area contributed by atoms with Crippen LogP contribution in [-0.4, -0.2) is 18.2 Å². The van der Waals surface area contributed by atoms with Crippen LogP contribution in [0, 0.1) is 12.8 Å². The van der Waals surface area contributed by atoms with Crippen molar-refractivity contribution in [3.8, 4) is 0 Å². The Bertz CT molecular complexity index is 858. The molecule has 0 fully saturated rings. The van der Waals surface area contributed by atoms with Gasteiger partial charge in [-0.2, -0.15) is 0 Å². The zero-order valence-corrected chi connectivity index (χ0v) is 11.9. The first-order chi connectivity index (χ1) is 10.1. The quantitative estimate of drug-likeness (QED) is 0.741. The molecule has 2 aromatic carbocycles. The predicted octanol–water partition coefficient (Wildman–Crippen LogP) is 3.45. The summed E-state index contributed by atoms with van der Waals surface area (Å²) in [5, 5.41) is 1.84. The van der Waals surface area contributed by atoms with Gasteiger partial charge in [0.2, 0.25) is 5.78 Å². The predicted molar refractivity (Wildman–Crippen MR) is 79.5 cm³/mol. The van der Waals surface area contributed by atoms with Crippen LogP contribution in [0.1, 0.15) is 33.2 Å². The molecule has 1 unspecified atom stereocenters. The highest BCUT2D eigenvalue weighted by Gasteiger charge is 2.40. The van der Waals surface area contributed by atoms with Crippen molar-refractivity contribution in [2.45, 2.75) is 13.8 Å². The largest absolute Gasteiger partial charge is 0.488 e. The van der Waals surface area contributed by atoms with Gasteiger partial charge in [0.05, 0.1) is 12.2 Å². The molecule has 4 rings (SSSR count). The lowest BCUT2D eigenvalue weighted by Crippen LogP contribution is -2.22. The first-order valence-corrected chi connectivity index (χ1v) is 7.08. The molecule has 3 nitrogen and oxygen atoms in total. The van der Waals surface area contributed by atoms with E-state index in [0.717, 1.165) is 16.3 Å². The van der Waals surface area contributed by atoms with E-state index < -0.39 is 0 Å². The van der Waals surface area contributed by atoms with E-state index in [4.69, 9.17) is 4.74 Å². The fraction of sp³-hybridized carbons (Fsp3) is 0.222. The number of allylic oxidation sites excluding steroid dienone is 1. The zero-order chi connectivity index (χ0) is 14.7. The van der Waals surface area contributed by atoms with Crippen molar-refractivity contribution in [1.29, 1.82) is 0 Å². The molecule has 0 saturated carbocycles. The van der Waals surface area contributed by atoms with Crippen LogP contribution >= 0.6 is 0 Å². The molecule has 0 spiro atoms. The second-order valence-electron chi connectivity index (χ2n) is 5.77. The molecule has 3 heteroatoms. The molecule has 0 bridgehead atoms. The van der Waals surface area contributed by atoms with Crippen molar-refractivity contribution in [2.24, 2.45) is 5.92 Å². The van der Waals surface area contributed by atoms with E-state index in [2.05, 4.69) is 0 Å². The van der Waals surface area contributed by atoms with Gasteiger partial charge in [-0.1, -0.05) is 31.2 Å². The molecule has 104 valence electrons. The molecule has 0 amide bonds. The third-order valence-corrected chi connectivity index (χ3v) is 4.42. The van der Waals surface area contributed by atoms with Crippen LogP contribution in [0.2, 0.25) is 0 Å². The highest BCUT2D eigenvalue weighted by Crippen LogP contribution is 2.38. The van der Waals surface area contributed by atoms with Crippen molar-refractivity contribution in [3.63, 3.8) is 0 Å². The Kier molecular flexibility index (Phi) is 2.37. The van der Waals surface area contributed by atoms with Gasteiger partial charge in [-0.25, -0.2) is 0 Å². The number of rotatable bonds is 0. The summed E-state index contributed by atoms with van der Waals surface area (Å²) < 4.78 is 5.50. The maximum absolute atomic E-state index is 12.8. The Balaban J connectivity index is 2.08. The first-order valence-electron chi connectivity index (χ1n) is 7.08. The lowest BCUT2D eigenvalue weighted by atomic mass is 9.82. The smallest absolute Gasteiger partial charge is 0.229 e. The second kappa shape index (κ2) is 4.04. The Hall–Kier alpha value is -2.42. The standard InChI is InChI=1S/C18H14O3/c1-9-4-3-5-12-11(9)6-7-13-15(12)17(20)18-14(16(13)19)10(2)8-21-18/h3-7,10H,8H2,1-2H3. The molecular weight excluding hydrogens is 264 g/mol. The highest BCUT2D eigenvalue weighted by atomic mass is 16.5. The molecule has 2 aromatic rings. The van der Waals surface area contributed by atoms with Crippen LogP contribution in [0.15, 0.2) is 41.7 Å². The third kappa shape index (κ3) is 1.49. The SMILES string of the molecule is Cc1cccc2c3c(ccc12)C(=O)C1=C(OCC1C)C3=O. The molecule has 1 atom stereocenters. The Labute approximate surface area is 122 Å².